The number of hydrogen-bond donors (Lipinski definition) is 0. The van der Waals surface area contributed by atoms with Crippen molar-refractivity contribution in [3.05, 3.63) is 35.4 Å². The minimum atomic E-state index is -0.0128. The molecule has 0 bridgehead atoms. The van der Waals surface area contributed by atoms with E-state index in [2.05, 4.69) is 17.2 Å². The topological polar surface area (TPSA) is 27.7 Å². The monoisotopic (exact) mass is 164 g/mol. The third-order valence-electron chi connectivity index (χ3n) is 2.43. The van der Waals surface area contributed by atoms with E-state index in [9.17, 15) is 0 Å². The third-order valence-corrected chi connectivity index (χ3v) is 2.43. The molecule has 1 aliphatic heterocycles. The molecule has 2 atom stereocenters. The average Bonchev–Trinajstić information content (AvgIpc) is 2.62. The van der Waals surface area contributed by atoms with Crippen LogP contribution < -0.4 is 0 Å². The Balaban J connectivity index is 2.09. The van der Waals surface area contributed by atoms with Gasteiger partial charge >= 0.3 is 0 Å². The van der Waals surface area contributed by atoms with E-state index in [0.717, 1.165) is 6.42 Å². The molecule has 1 aromatic carbocycles. The minimum absolute atomic E-state index is 0.0128. The Morgan fingerprint density at radius 3 is 3.08 bits per heavy atom. The zero-order valence-electron chi connectivity index (χ0n) is 6.40. The summed E-state index contributed by atoms with van der Waals surface area (Å²) < 4.78 is 0. The van der Waals surface area contributed by atoms with Gasteiger partial charge in [-0.3, -0.25) is 0 Å². The van der Waals surface area contributed by atoms with Gasteiger partial charge in [0.15, 0.2) is 6.10 Å². The van der Waals surface area contributed by atoms with E-state index in [1.165, 1.54) is 11.1 Å². The molecule has 1 saturated heterocycles. The lowest BCUT2D eigenvalue weighted by molar-refractivity contribution is -0.467. The summed E-state index contributed by atoms with van der Waals surface area (Å²) in [4.78, 5) is 9.92. The number of fused-ring (bicyclic) bond motifs is 3. The molecule has 0 radical (unpaired) electrons. The van der Waals surface area contributed by atoms with Gasteiger partial charge in [-0.15, -0.1) is 0 Å². The first-order valence-electron chi connectivity index (χ1n) is 4.02. The predicted octanol–water partition coefficient (Wildman–Crippen LogP) is 1.55. The van der Waals surface area contributed by atoms with Gasteiger partial charge in [0.1, 0.15) is 6.10 Å². The summed E-state index contributed by atoms with van der Waals surface area (Å²) in [5, 5.41) is 4.47. The standard InChI is InChI=1S/C9H8O3/c1-2-4-7-6(3-1)5-8-9(7)11-12-10-8/h1-4,8-9H,5H2/t8-,9+/m0/s1. The van der Waals surface area contributed by atoms with E-state index in [0.29, 0.717) is 0 Å². The van der Waals surface area contributed by atoms with Crippen LogP contribution in [0.15, 0.2) is 24.3 Å². The fourth-order valence-corrected chi connectivity index (χ4v) is 1.84. The molecule has 0 spiro atoms. The second-order valence-electron chi connectivity index (χ2n) is 3.12. The number of rotatable bonds is 0. The smallest absolute Gasteiger partial charge is 0.151 e. The number of hydrogen-bond acceptors (Lipinski definition) is 3. The van der Waals surface area contributed by atoms with E-state index in [1.807, 2.05) is 12.1 Å². The summed E-state index contributed by atoms with van der Waals surface area (Å²) in [7, 11) is 0. The second-order valence-corrected chi connectivity index (χ2v) is 3.12. The molecule has 0 saturated carbocycles. The highest BCUT2D eigenvalue weighted by molar-refractivity contribution is 5.35. The van der Waals surface area contributed by atoms with E-state index in [-0.39, 0.29) is 12.2 Å². The van der Waals surface area contributed by atoms with Crippen LogP contribution in [-0.4, -0.2) is 6.10 Å². The lowest BCUT2D eigenvalue weighted by Crippen LogP contribution is -2.08. The van der Waals surface area contributed by atoms with Crippen LogP contribution in [-0.2, 0) is 21.2 Å². The van der Waals surface area contributed by atoms with Gasteiger partial charge in [-0.2, -0.15) is 9.78 Å². The van der Waals surface area contributed by atoms with Gasteiger partial charge in [0.05, 0.1) is 0 Å². The highest BCUT2D eigenvalue weighted by Gasteiger charge is 2.40. The first-order valence-corrected chi connectivity index (χ1v) is 4.02. The van der Waals surface area contributed by atoms with Gasteiger partial charge in [0, 0.05) is 6.42 Å². The highest BCUT2D eigenvalue weighted by atomic mass is 17.5. The van der Waals surface area contributed by atoms with E-state index in [4.69, 9.17) is 9.78 Å². The van der Waals surface area contributed by atoms with Crippen molar-refractivity contribution < 1.29 is 14.8 Å². The van der Waals surface area contributed by atoms with Gasteiger partial charge in [0.2, 0.25) is 0 Å². The molecule has 1 aromatic rings. The van der Waals surface area contributed by atoms with E-state index < -0.39 is 0 Å². The van der Waals surface area contributed by atoms with E-state index >= 15 is 0 Å². The van der Waals surface area contributed by atoms with Crippen LogP contribution >= 0.6 is 0 Å². The van der Waals surface area contributed by atoms with Gasteiger partial charge in [0.25, 0.3) is 0 Å². The van der Waals surface area contributed by atoms with Crippen LogP contribution in [0.2, 0.25) is 0 Å². The van der Waals surface area contributed by atoms with Gasteiger partial charge in [-0.25, -0.2) is 0 Å². The summed E-state index contributed by atoms with van der Waals surface area (Å²) in [6, 6.07) is 8.18. The molecule has 0 unspecified atom stereocenters. The molecular formula is C9H8O3. The summed E-state index contributed by atoms with van der Waals surface area (Å²) in [6.07, 6.45) is 0.935. The molecule has 3 rings (SSSR count). The van der Waals surface area contributed by atoms with Crippen molar-refractivity contribution in [3.63, 3.8) is 0 Å². The maximum atomic E-state index is 4.98. The summed E-state index contributed by atoms with van der Waals surface area (Å²) >= 11 is 0. The van der Waals surface area contributed by atoms with Gasteiger partial charge in [-0.1, -0.05) is 29.3 Å². The zero-order valence-corrected chi connectivity index (χ0v) is 6.40. The minimum Gasteiger partial charge on any atom is -0.199 e. The predicted molar refractivity (Wildman–Crippen MR) is 39.9 cm³/mol. The SMILES string of the molecule is c1ccc2c(c1)C[C@@H]1OOO[C@H]21. The van der Waals surface area contributed by atoms with Crippen molar-refractivity contribution in [3.8, 4) is 0 Å². The quantitative estimate of drug-likeness (QED) is 0.544. The third kappa shape index (κ3) is 0.756. The van der Waals surface area contributed by atoms with Crippen LogP contribution in [0.5, 0.6) is 0 Å². The Kier molecular flexibility index (Phi) is 1.26. The van der Waals surface area contributed by atoms with Crippen LogP contribution in [0.1, 0.15) is 17.2 Å². The Bertz CT molecular complexity index is 310. The van der Waals surface area contributed by atoms with Crippen LogP contribution in [0.3, 0.4) is 0 Å². The molecular weight excluding hydrogens is 156 g/mol. The maximum absolute atomic E-state index is 4.98. The van der Waals surface area contributed by atoms with Crippen LogP contribution in [0, 0.1) is 0 Å². The van der Waals surface area contributed by atoms with Crippen LogP contribution in [0.4, 0.5) is 0 Å². The largest absolute Gasteiger partial charge is 0.199 e. The molecule has 3 heteroatoms. The Hall–Kier alpha value is -0.900. The van der Waals surface area contributed by atoms with Crippen molar-refractivity contribution in [2.24, 2.45) is 0 Å². The fourth-order valence-electron chi connectivity index (χ4n) is 1.84. The Morgan fingerprint density at radius 2 is 2.08 bits per heavy atom. The molecule has 1 fully saturated rings. The number of benzene rings is 1. The summed E-state index contributed by atoms with van der Waals surface area (Å²) in [5.74, 6) is 0. The molecule has 1 heterocycles. The zero-order chi connectivity index (χ0) is 7.97. The Morgan fingerprint density at radius 1 is 1.17 bits per heavy atom. The summed E-state index contributed by atoms with van der Waals surface area (Å²) in [6.45, 7) is 0. The molecule has 0 aromatic heterocycles. The lowest BCUT2D eigenvalue weighted by Gasteiger charge is -2.01. The summed E-state index contributed by atoms with van der Waals surface area (Å²) in [5.41, 5.74) is 2.50. The van der Waals surface area contributed by atoms with Crippen molar-refractivity contribution in [1.82, 2.24) is 0 Å². The van der Waals surface area contributed by atoms with E-state index in [1.54, 1.807) is 0 Å². The van der Waals surface area contributed by atoms with Crippen molar-refractivity contribution >= 4 is 0 Å². The molecule has 2 aliphatic rings. The highest BCUT2D eigenvalue weighted by Crippen LogP contribution is 2.39. The molecule has 3 nitrogen and oxygen atoms in total. The average molecular weight is 164 g/mol. The molecule has 1 aliphatic carbocycles. The van der Waals surface area contributed by atoms with Crippen LogP contribution in [0.25, 0.3) is 0 Å². The molecule has 0 N–H and O–H groups in total. The molecule has 62 valence electrons. The second kappa shape index (κ2) is 2.29. The lowest BCUT2D eigenvalue weighted by atomic mass is 10.1. The normalized spacial score (nSPS) is 31.7. The molecule has 12 heavy (non-hydrogen) atoms. The van der Waals surface area contributed by atoms with Crippen molar-refractivity contribution in [2.75, 3.05) is 0 Å². The fraction of sp³-hybridized carbons (Fsp3) is 0.333. The van der Waals surface area contributed by atoms with Crippen molar-refractivity contribution in [1.29, 1.82) is 0 Å². The molecule has 0 amide bonds. The maximum Gasteiger partial charge on any atom is 0.151 e. The Labute approximate surface area is 69.7 Å². The first kappa shape index (κ1) is 6.60. The van der Waals surface area contributed by atoms with Crippen molar-refractivity contribution in [2.45, 2.75) is 18.6 Å². The van der Waals surface area contributed by atoms with Gasteiger partial charge < -0.3 is 0 Å². The first-order chi connectivity index (χ1) is 5.95. The van der Waals surface area contributed by atoms with Gasteiger partial charge in [-0.05, 0) is 11.1 Å².